The summed E-state index contributed by atoms with van der Waals surface area (Å²) in [5.74, 6) is 1.06. The number of anilines is 2. The zero-order valence-corrected chi connectivity index (χ0v) is 19.0. The van der Waals surface area contributed by atoms with Gasteiger partial charge in [-0.3, -0.25) is 9.48 Å². The molecule has 5 heterocycles. The SMILES string of the molecule is Cc1cnc(N(C)c2nn(C3CCOCC3)c3c2CN(C(=O)C2CCO2)CC3)cc1C(F)F. The van der Waals surface area contributed by atoms with Crippen molar-refractivity contribution in [3.05, 3.63) is 34.6 Å². The predicted octanol–water partition coefficient (Wildman–Crippen LogP) is 3.32. The van der Waals surface area contributed by atoms with E-state index in [1.54, 1.807) is 18.9 Å². The molecule has 2 aromatic heterocycles. The lowest BCUT2D eigenvalue weighted by molar-refractivity contribution is -0.157. The first-order valence-corrected chi connectivity index (χ1v) is 11.5. The minimum atomic E-state index is -2.58. The van der Waals surface area contributed by atoms with Crippen LogP contribution in [0.2, 0.25) is 0 Å². The van der Waals surface area contributed by atoms with Crippen LogP contribution in [0.15, 0.2) is 12.3 Å². The molecule has 1 unspecified atom stereocenters. The number of carbonyl (C=O) groups is 1. The fourth-order valence-corrected chi connectivity index (χ4v) is 4.81. The van der Waals surface area contributed by atoms with Gasteiger partial charge in [-0.25, -0.2) is 13.8 Å². The van der Waals surface area contributed by atoms with Crippen molar-refractivity contribution < 1.29 is 23.0 Å². The lowest BCUT2D eigenvalue weighted by Crippen LogP contribution is -2.47. The molecular formula is C23H29F2N5O3. The Labute approximate surface area is 191 Å². The van der Waals surface area contributed by atoms with Gasteiger partial charge in [0.2, 0.25) is 0 Å². The van der Waals surface area contributed by atoms with Crippen molar-refractivity contribution in [2.45, 2.75) is 57.7 Å². The molecule has 0 saturated carbocycles. The summed E-state index contributed by atoms with van der Waals surface area (Å²) in [5, 5.41) is 4.95. The lowest BCUT2D eigenvalue weighted by Gasteiger charge is -2.35. The number of alkyl halides is 2. The molecule has 0 aliphatic carbocycles. The standard InChI is InChI=1S/C23H29F2N5O3/c1-14-12-26-20(11-16(14)21(24)25)28(2)22-17-13-29(23(31)19-6-10-33-19)7-3-18(17)30(27-22)15-4-8-32-9-5-15/h11-12,15,19,21H,3-10,13H2,1-2H3. The highest BCUT2D eigenvalue weighted by Gasteiger charge is 2.36. The van der Waals surface area contributed by atoms with Gasteiger partial charge >= 0.3 is 0 Å². The Balaban J connectivity index is 1.51. The van der Waals surface area contributed by atoms with Crippen LogP contribution in [0.3, 0.4) is 0 Å². The van der Waals surface area contributed by atoms with Crippen LogP contribution in [-0.2, 0) is 27.2 Å². The zero-order valence-electron chi connectivity index (χ0n) is 19.0. The highest BCUT2D eigenvalue weighted by molar-refractivity contribution is 5.82. The van der Waals surface area contributed by atoms with Crippen LogP contribution in [0.4, 0.5) is 20.4 Å². The number of aromatic nitrogens is 3. The number of aryl methyl sites for hydroxylation is 1. The van der Waals surface area contributed by atoms with Crippen LogP contribution in [0, 0.1) is 6.92 Å². The van der Waals surface area contributed by atoms with Crippen molar-refractivity contribution >= 4 is 17.5 Å². The number of hydrogen-bond acceptors (Lipinski definition) is 6. The van der Waals surface area contributed by atoms with Crippen molar-refractivity contribution in [1.82, 2.24) is 19.7 Å². The molecule has 1 atom stereocenters. The summed E-state index contributed by atoms with van der Waals surface area (Å²) in [6.07, 6.45) is 1.71. The van der Waals surface area contributed by atoms with E-state index in [1.807, 2.05) is 4.90 Å². The van der Waals surface area contributed by atoms with E-state index in [4.69, 9.17) is 14.6 Å². The number of pyridine rings is 1. The highest BCUT2D eigenvalue weighted by Crippen LogP contribution is 2.36. The Bertz CT molecular complexity index is 1030. The summed E-state index contributed by atoms with van der Waals surface area (Å²) in [7, 11) is 1.79. The molecule has 0 bridgehead atoms. The number of nitrogens with zero attached hydrogens (tertiary/aromatic N) is 5. The molecule has 0 spiro atoms. The molecule has 3 aliphatic heterocycles. The number of ether oxygens (including phenoxy) is 2. The van der Waals surface area contributed by atoms with Gasteiger partial charge < -0.3 is 19.3 Å². The van der Waals surface area contributed by atoms with Gasteiger partial charge in [0.1, 0.15) is 11.9 Å². The van der Waals surface area contributed by atoms with Crippen molar-refractivity contribution in [2.75, 3.05) is 38.3 Å². The number of hydrogen-bond donors (Lipinski definition) is 0. The number of amides is 1. The Morgan fingerprint density at radius 1 is 1.24 bits per heavy atom. The number of rotatable bonds is 5. The number of halogens is 2. The molecule has 3 aliphatic rings. The van der Waals surface area contributed by atoms with E-state index in [1.165, 1.54) is 12.3 Å². The monoisotopic (exact) mass is 461 g/mol. The summed E-state index contributed by atoms with van der Waals surface area (Å²) in [6, 6.07) is 1.64. The van der Waals surface area contributed by atoms with Crippen LogP contribution < -0.4 is 4.90 Å². The molecular weight excluding hydrogens is 432 g/mol. The van der Waals surface area contributed by atoms with E-state index >= 15 is 0 Å². The number of fused-ring (bicyclic) bond motifs is 1. The molecule has 2 saturated heterocycles. The summed E-state index contributed by atoms with van der Waals surface area (Å²) in [5.41, 5.74) is 2.46. The molecule has 8 nitrogen and oxygen atoms in total. The van der Waals surface area contributed by atoms with Crippen LogP contribution in [0.1, 0.15) is 54.1 Å². The zero-order chi connectivity index (χ0) is 23.1. The molecule has 1 amide bonds. The molecule has 178 valence electrons. The normalized spacial score (nSPS) is 21.1. The summed E-state index contributed by atoms with van der Waals surface area (Å²) < 4.78 is 40.0. The minimum absolute atomic E-state index is 0.00719. The van der Waals surface area contributed by atoms with Crippen LogP contribution >= 0.6 is 0 Å². The quantitative estimate of drug-likeness (QED) is 0.680. The average Bonchev–Trinajstić information content (AvgIpc) is 3.17. The third kappa shape index (κ3) is 4.10. The first-order chi connectivity index (χ1) is 15.9. The Hall–Kier alpha value is -2.59. The third-order valence-electron chi connectivity index (χ3n) is 6.91. The molecule has 0 aromatic carbocycles. The molecule has 10 heteroatoms. The molecule has 0 radical (unpaired) electrons. The first kappa shape index (κ1) is 22.2. The van der Waals surface area contributed by atoms with Gasteiger partial charge in [0, 0.05) is 62.7 Å². The van der Waals surface area contributed by atoms with E-state index in [9.17, 15) is 13.6 Å². The highest BCUT2D eigenvalue weighted by atomic mass is 19.3. The first-order valence-electron chi connectivity index (χ1n) is 11.5. The third-order valence-corrected chi connectivity index (χ3v) is 6.91. The second-order valence-electron chi connectivity index (χ2n) is 8.95. The molecule has 0 N–H and O–H groups in total. The largest absolute Gasteiger partial charge is 0.381 e. The lowest BCUT2D eigenvalue weighted by atomic mass is 10.0. The Morgan fingerprint density at radius 3 is 2.67 bits per heavy atom. The van der Waals surface area contributed by atoms with E-state index in [0.717, 1.165) is 30.5 Å². The van der Waals surface area contributed by atoms with Gasteiger partial charge in [0.15, 0.2) is 5.82 Å². The van der Waals surface area contributed by atoms with Crippen molar-refractivity contribution in [1.29, 1.82) is 0 Å². The van der Waals surface area contributed by atoms with Crippen molar-refractivity contribution in [3.8, 4) is 0 Å². The fraction of sp³-hybridized carbons (Fsp3) is 0.609. The van der Waals surface area contributed by atoms with Crippen LogP contribution in [0.5, 0.6) is 0 Å². The van der Waals surface area contributed by atoms with Gasteiger partial charge in [-0.2, -0.15) is 5.10 Å². The van der Waals surface area contributed by atoms with Crippen LogP contribution in [0.25, 0.3) is 0 Å². The predicted molar refractivity (Wildman–Crippen MR) is 117 cm³/mol. The van der Waals surface area contributed by atoms with E-state index in [-0.39, 0.29) is 23.6 Å². The van der Waals surface area contributed by atoms with Gasteiger partial charge in [-0.05, 0) is 31.4 Å². The van der Waals surface area contributed by atoms with Gasteiger partial charge in [0.25, 0.3) is 12.3 Å². The maximum Gasteiger partial charge on any atom is 0.264 e. The summed E-state index contributed by atoms with van der Waals surface area (Å²) >= 11 is 0. The summed E-state index contributed by atoms with van der Waals surface area (Å²) in [4.78, 5) is 20.8. The van der Waals surface area contributed by atoms with E-state index in [2.05, 4.69) is 9.67 Å². The smallest absolute Gasteiger partial charge is 0.264 e. The Morgan fingerprint density at radius 2 is 2.00 bits per heavy atom. The van der Waals surface area contributed by atoms with E-state index in [0.29, 0.717) is 56.5 Å². The van der Waals surface area contributed by atoms with Crippen molar-refractivity contribution in [2.24, 2.45) is 0 Å². The fourth-order valence-electron chi connectivity index (χ4n) is 4.81. The molecule has 2 aromatic rings. The van der Waals surface area contributed by atoms with Gasteiger partial charge in [-0.1, -0.05) is 0 Å². The maximum atomic E-state index is 13.5. The number of carbonyl (C=O) groups excluding carboxylic acids is 1. The minimum Gasteiger partial charge on any atom is -0.381 e. The maximum absolute atomic E-state index is 13.5. The summed E-state index contributed by atoms with van der Waals surface area (Å²) in [6.45, 7) is 4.66. The molecule has 5 rings (SSSR count). The van der Waals surface area contributed by atoms with Crippen LogP contribution in [-0.4, -0.2) is 65.1 Å². The van der Waals surface area contributed by atoms with Gasteiger partial charge in [-0.15, -0.1) is 0 Å². The average molecular weight is 462 g/mol. The second kappa shape index (κ2) is 8.98. The Kier molecular flexibility index (Phi) is 6.05. The van der Waals surface area contributed by atoms with Crippen molar-refractivity contribution in [3.63, 3.8) is 0 Å². The second-order valence-corrected chi connectivity index (χ2v) is 8.95. The van der Waals surface area contributed by atoms with Gasteiger partial charge in [0.05, 0.1) is 19.2 Å². The molecule has 33 heavy (non-hydrogen) atoms. The van der Waals surface area contributed by atoms with E-state index < -0.39 is 6.43 Å². The molecule has 2 fully saturated rings. The topological polar surface area (TPSA) is 72.7 Å².